The van der Waals surface area contributed by atoms with Crippen molar-refractivity contribution in [1.82, 2.24) is 0 Å². The first-order valence-electron chi connectivity index (χ1n) is 8.70. The largest absolute Gasteiger partial charge is 0.363 e. The van der Waals surface area contributed by atoms with Gasteiger partial charge in [0.15, 0.2) is 0 Å². The summed E-state index contributed by atoms with van der Waals surface area (Å²) in [6.45, 7) is 1.79. The van der Waals surface area contributed by atoms with Crippen LogP contribution in [0.5, 0.6) is 0 Å². The molecule has 0 aliphatic rings. The van der Waals surface area contributed by atoms with Gasteiger partial charge in [-0.1, -0.05) is 84.9 Å². The summed E-state index contributed by atoms with van der Waals surface area (Å²) in [4.78, 5) is 2.43. The molecule has 0 N–H and O–H groups in total. The molecule has 0 unspecified atom stereocenters. The van der Waals surface area contributed by atoms with Gasteiger partial charge in [0.2, 0.25) is 0 Å². The van der Waals surface area contributed by atoms with Gasteiger partial charge in [0.25, 0.3) is 0 Å². The Labute approximate surface area is 149 Å². The van der Waals surface area contributed by atoms with Gasteiger partial charge in [0.1, 0.15) is 0 Å². The Balaban J connectivity index is 1.65. The van der Waals surface area contributed by atoms with Gasteiger partial charge < -0.3 is 4.90 Å². The summed E-state index contributed by atoms with van der Waals surface area (Å²) in [7, 11) is 0. The van der Waals surface area contributed by atoms with Gasteiger partial charge in [-0.15, -0.1) is 0 Å². The molecule has 0 radical (unpaired) electrons. The minimum Gasteiger partial charge on any atom is -0.363 e. The van der Waals surface area contributed by atoms with E-state index in [1.165, 1.54) is 27.6 Å². The lowest BCUT2D eigenvalue weighted by atomic mass is 10.1. The van der Waals surface area contributed by atoms with E-state index in [9.17, 15) is 0 Å². The molecule has 1 heteroatoms. The number of hydrogen-bond donors (Lipinski definition) is 0. The molecule has 0 aliphatic heterocycles. The number of rotatable bonds is 5. The number of nitrogens with zero attached hydrogens (tertiary/aromatic N) is 1. The summed E-state index contributed by atoms with van der Waals surface area (Å²) in [6, 6.07) is 36.6. The lowest BCUT2D eigenvalue weighted by Crippen LogP contribution is -2.22. The van der Waals surface area contributed by atoms with Crippen molar-refractivity contribution in [3.63, 3.8) is 0 Å². The molecule has 0 aliphatic carbocycles. The minimum absolute atomic E-state index is 0.893. The Hall–Kier alpha value is -3.06. The molecule has 0 heterocycles. The van der Waals surface area contributed by atoms with Crippen LogP contribution in [-0.4, -0.2) is 0 Å². The predicted molar refractivity (Wildman–Crippen MR) is 107 cm³/mol. The Morgan fingerprint density at radius 3 is 1.84 bits per heavy atom. The van der Waals surface area contributed by atoms with Crippen molar-refractivity contribution in [3.05, 3.63) is 114 Å². The summed E-state index contributed by atoms with van der Waals surface area (Å²) >= 11 is 0. The number of benzene rings is 4. The second-order valence-electron chi connectivity index (χ2n) is 6.36. The van der Waals surface area contributed by atoms with Crippen LogP contribution in [0.1, 0.15) is 11.1 Å². The molecule has 4 aromatic rings. The summed E-state index contributed by atoms with van der Waals surface area (Å²) < 4.78 is 0. The maximum absolute atomic E-state index is 2.43. The topological polar surface area (TPSA) is 3.24 Å². The third kappa shape index (κ3) is 3.72. The zero-order valence-electron chi connectivity index (χ0n) is 14.2. The average molecular weight is 323 g/mol. The molecule has 0 spiro atoms. The average Bonchev–Trinajstić information content (AvgIpc) is 2.69. The van der Waals surface area contributed by atoms with E-state index < -0.39 is 0 Å². The summed E-state index contributed by atoms with van der Waals surface area (Å²) in [5.41, 5.74) is 3.91. The van der Waals surface area contributed by atoms with Crippen LogP contribution in [0, 0.1) is 0 Å². The zero-order chi connectivity index (χ0) is 16.9. The monoisotopic (exact) mass is 323 g/mol. The van der Waals surface area contributed by atoms with E-state index in [1.54, 1.807) is 0 Å². The third-order valence-corrected chi connectivity index (χ3v) is 4.52. The standard InChI is InChI=1S/C24H21N/c1-3-9-20(10-4-1)18-25(24-13-5-2-6-14-24)19-21-15-16-22-11-7-8-12-23(22)17-21/h1-17H,18-19H2. The molecule has 0 saturated heterocycles. The molecule has 0 aromatic heterocycles. The van der Waals surface area contributed by atoms with Gasteiger partial charge in [0, 0.05) is 18.8 Å². The van der Waals surface area contributed by atoms with E-state index in [4.69, 9.17) is 0 Å². The van der Waals surface area contributed by atoms with Crippen molar-refractivity contribution >= 4 is 16.5 Å². The van der Waals surface area contributed by atoms with E-state index in [-0.39, 0.29) is 0 Å². The molecule has 0 fully saturated rings. The fraction of sp³-hybridized carbons (Fsp3) is 0.0833. The van der Waals surface area contributed by atoms with Crippen LogP contribution in [0.2, 0.25) is 0 Å². The van der Waals surface area contributed by atoms with Crippen LogP contribution in [0.3, 0.4) is 0 Å². The molecule has 25 heavy (non-hydrogen) atoms. The molecular weight excluding hydrogens is 302 g/mol. The normalized spacial score (nSPS) is 10.7. The molecule has 122 valence electrons. The van der Waals surface area contributed by atoms with E-state index in [0.717, 1.165) is 13.1 Å². The zero-order valence-corrected chi connectivity index (χ0v) is 14.2. The van der Waals surface area contributed by atoms with Gasteiger partial charge in [-0.3, -0.25) is 0 Å². The first kappa shape index (κ1) is 15.5. The van der Waals surface area contributed by atoms with Crippen molar-refractivity contribution in [3.8, 4) is 0 Å². The van der Waals surface area contributed by atoms with Gasteiger partial charge in [-0.05, 0) is 40.1 Å². The Bertz CT molecular complexity index is 945. The first-order chi connectivity index (χ1) is 12.4. The molecule has 0 bridgehead atoms. The number of fused-ring (bicyclic) bond motifs is 1. The molecule has 4 aromatic carbocycles. The molecule has 0 amide bonds. The predicted octanol–water partition coefficient (Wildman–Crippen LogP) is 6.05. The van der Waals surface area contributed by atoms with E-state index >= 15 is 0 Å². The van der Waals surface area contributed by atoms with Crippen LogP contribution in [0.4, 0.5) is 5.69 Å². The lowest BCUT2D eigenvalue weighted by molar-refractivity contribution is 0.801. The van der Waals surface area contributed by atoms with Gasteiger partial charge >= 0.3 is 0 Å². The van der Waals surface area contributed by atoms with Crippen molar-refractivity contribution < 1.29 is 0 Å². The van der Waals surface area contributed by atoms with Crippen LogP contribution >= 0.6 is 0 Å². The maximum atomic E-state index is 2.43. The number of para-hydroxylation sites is 1. The highest BCUT2D eigenvalue weighted by atomic mass is 15.1. The highest BCUT2D eigenvalue weighted by Gasteiger charge is 2.08. The SMILES string of the molecule is c1ccc(CN(Cc2ccc3ccccc3c2)c2ccccc2)cc1. The van der Waals surface area contributed by atoms with Gasteiger partial charge in [0.05, 0.1) is 0 Å². The molecule has 0 atom stereocenters. The smallest absolute Gasteiger partial charge is 0.0433 e. The third-order valence-electron chi connectivity index (χ3n) is 4.52. The van der Waals surface area contributed by atoms with Gasteiger partial charge in [-0.2, -0.15) is 0 Å². The summed E-state index contributed by atoms with van der Waals surface area (Å²) in [6.07, 6.45) is 0. The molecule has 1 nitrogen and oxygen atoms in total. The van der Waals surface area contributed by atoms with E-state index in [2.05, 4.69) is 108 Å². The highest BCUT2D eigenvalue weighted by molar-refractivity contribution is 5.83. The van der Waals surface area contributed by atoms with Crippen LogP contribution in [0.25, 0.3) is 10.8 Å². The number of hydrogen-bond acceptors (Lipinski definition) is 1. The molecular formula is C24H21N. The van der Waals surface area contributed by atoms with Crippen LogP contribution in [-0.2, 0) is 13.1 Å². The van der Waals surface area contributed by atoms with Gasteiger partial charge in [-0.25, -0.2) is 0 Å². The van der Waals surface area contributed by atoms with E-state index in [1.807, 2.05) is 0 Å². The molecule has 4 rings (SSSR count). The quantitative estimate of drug-likeness (QED) is 0.432. The lowest BCUT2D eigenvalue weighted by Gasteiger charge is -2.25. The first-order valence-corrected chi connectivity index (χ1v) is 8.70. The van der Waals surface area contributed by atoms with Crippen molar-refractivity contribution in [2.75, 3.05) is 4.90 Å². The maximum Gasteiger partial charge on any atom is 0.0433 e. The fourth-order valence-corrected chi connectivity index (χ4v) is 3.24. The van der Waals surface area contributed by atoms with Crippen molar-refractivity contribution in [2.45, 2.75) is 13.1 Å². The molecule has 0 saturated carbocycles. The second-order valence-corrected chi connectivity index (χ2v) is 6.36. The Kier molecular flexibility index (Phi) is 4.47. The minimum atomic E-state index is 0.893. The number of anilines is 1. The van der Waals surface area contributed by atoms with Crippen LogP contribution < -0.4 is 4.90 Å². The fourth-order valence-electron chi connectivity index (χ4n) is 3.24. The summed E-state index contributed by atoms with van der Waals surface area (Å²) in [5, 5.41) is 2.59. The second kappa shape index (κ2) is 7.23. The van der Waals surface area contributed by atoms with Crippen LogP contribution in [0.15, 0.2) is 103 Å². The Morgan fingerprint density at radius 2 is 1.08 bits per heavy atom. The van der Waals surface area contributed by atoms with Crippen molar-refractivity contribution in [1.29, 1.82) is 0 Å². The summed E-state index contributed by atoms with van der Waals surface area (Å²) in [5.74, 6) is 0. The van der Waals surface area contributed by atoms with Crippen molar-refractivity contribution in [2.24, 2.45) is 0 Å². The highest BCUT2D eigenvalue weighted by Crippen LogP contribution is 2.22. The Morgan fingerprint density at radius 1 is 0.480 bits per heavy atom. The van der Waals surface area contributed by atoms with E-state index in [0.29, 0.717) is 0 Å².